The lowest BCUT2D eigenvalue weighted by atomic mass is 9.49. The fourth-order valence-corrected chi connectivity index (χ4v) is 6.80. The molecule has 0 aliphatic heterocycles. The number of anilines is 1. The van der Waals surface area contributed by atoms with Gasteiger partial charge in [-0.1, -0.05) is 0 Å². The average Bonchev–Trinajstić information content (AvgIpc) is 3.20. The van der Waals surface area contributed by atoms with Crippen LogP contribution in [0.3, 0.4) is 0 Å². The van der Waals surface area contributed by atoms with Crippen molar-refractivity contribution >= 4 is 28.3 Å². The van der Waals surface area contributed by atoms with Crippen molar-refractivity contribution in [1.29, 1.82) is 0 Å². The molecule has 4 aliphatic rings. The first-order valence-corrected chi connectivity index (χ1v) is 10.3. The van der Waals surface area contributed by atoms with E-state index in [0.29, 0.717) is 5.13 Å². The van der Waals surface area contributed by atoms with E-state index in [1.807, 2.05) is 0 Å². The van der Waals surface area contributed by atoms with E-state index in [2.05, 4.69) is 15.8 Å². The van der Waals surface area contributed by atoms with E-state index in [4.69, 9.17) is 4.98 Å². The zero-order chi connectivity index (χ0) is 18.8. The average molecular weight is 386 g/mol. The number of nitrogens with one attached hydrogen (secondary N) is 1. The van der Waals surface area contributed by atoms with Crippen molar-refractivity contribution in [3.8, 4) is 0 Å². The summed E-state index contributed by atoms with van der Waals surface area (Å²) in [5, 5.41) is 18.6. The first-order valence-electron chi connectivity index (χ1n) is 9.46. The molecule has 2 aromatic heterocycles. The molecule has 0 aromatic carbocycles. The number of nitrogens with zero attached hydrogens (tertiary/aromatic N) is 3. The van der Waals surface area contributed by atoms with Gasteiger partial charge in [0, 0.05) is 24.0 Å². The lowest BCUT2D eigenvalue weighted by Gasteiger charge is -2.56. The van der Waals surface area contributed by atoms with Crippen LogP contribution < -0.4 is 5.32 Å². The number of carboxylic acids is 1. The van der Waals surface area contributed by atoms with Gasteiger partial charge in [-0.2, -0.15) is 5.10 Å². The van der Waals surface area contributed by atoms with E-state index >= 15 is 0 Å². The summed E-state index contributed by atoms with van der Waals surface area (Å²) >= 11 is 1.42. The number of hydrogen-bond donors (Lipinski definition) is 2. The molecule has 1 amide bonds. The number of amides is 1. The van der Waals surface area contributed by atoms with Gasteiger partial charge in [0.2, 0.25) is 0 Å². The van der Waals surface area contributed by atoms with E-state index in [0.717, 1.165) is 23.4 Å². The Labute approximate surface area is 160 Å². The van der Waals surface area contributed by atoms with E-state index in [1.165, 1.54) is 60.7 Å². The summed E-state index contributed by atoms with van der Waals surface area (Å²) in [5.74, 6) is 0.814. The van der Waals surface area contributed by atoms with Gasteiger partial charge in [-0.05, 0) is 56.3 Å². The molecule has 0 radical (unpaired) electrons. The minimum Gasteiger partial charge on any atom is -0.478 e. The molecule has 4 aliphatic carbocycles. The van der Waals surface area contributed by atoms with Crippen molar-refractivity contribution in [2.75, 3.05) is 5.32 Å². The van der Waals surface area contributed by atoms with Crippen LogP contribution in [0, 0.1) is 17.8 Å². The van der Waals surface area contributed by atoms with Crippen molar-refractivity contribution in [2.24, 2.45) is 24.8 Å². The zero-order valence-electron chi connectivity index (χ0n) is 15.1. The second kappa shape index (κ2) is 5.89. The maximum absolute atomic E-state index is 12.5. The zero-order valence-corrected chi connectivity index (χ0v) is 16.0. The summed E-state index contributed by atoms with van der Waals surface area (Å²) in [4.78, 5) is 28.6. The predicted molar refractivity (Wildman–Crippen MR) is 100 cm³/mol. The van der Waals surface area contributed by atoms with Crippen molar-refractivity contribution < 1.29 is 14.7 Å². The molecule has 8 heteroatoms. The number of rotatable bonds is 4. The molecule has 142 valence electrons. The maximum Gasteiger partial charge on any atom is 0.339 e. The van der Waals surface area contributed by atoms with Gasteiger partial charge in [-0.3, -0.25) is 14.8 Å². The minimum atomic E-state index is -1.17. The fourth-order valence-electron chi connectivity index (χ4n) is 5.97. The first-order chi connectivity index (χ1) is 12.9. The number of hydrogen-bond acceptors (Lipinski definition) is 5. The lowest BCUT2D eigenvalue weighted by Crippen LogP contribution is -2.48. The molecule has 4 fully saturated rings. The number of carboxylic acid groups (broad SMARTS) is 1. The molecule has 0 unspecified atom stereocenters. The second-order valence-electron chi connectivity index (χ2n) is 8.56. The molecule has 27 heavy (non-hydrogen) atoms. The third-order valence-corrected chi connectivity index (χ3v) is 7.34. The SMILES string of the molecule is Cn1cc(C(=O)O)c(C(=O)Nc2nc(C34CC5CC(CC(C5)C3)C4)cs2)n1. The van der Waals surface area contributed by atoms with E-state index in [-0.39, 0.29) is 16.7 Å². The van der Waals surface area contributed by atoms with Crippen LogP contribution in [0.25, 0.3) is 0 Å². The first kappa shape index (κ1) is 16.9. The fraction of sp³-hybridized carbons (Fsp3) is 0.579. The van der Waals surface area contributed by atoms with Gasteiger partial charge < -0.3 is 5.11 Å². The Balaban J connectivity index is 1.37. The number of aryl methyl sites for hydroxylation is 1. The van der Waals surface area contributed by atoms with E-state index in [9.17, 15) is 14.7 Å². The normalized spacial score (nSPS) is 31.2. The topological polar surface area (TPSA) is 97.1 Å². The molecule has 2 heterocycles. The summed E-state index contributed by atoms with van der Waals surface area (Å²) in [6.07, 6.45) is 9.14. The molecule has 2 aromatic rings. The standard InChI is InChI=1S/C19H22N4O3S/c1-23-8-13(17(25)26)15(22-23)16(24)21-18-20-14(9-27-18)19-5-10-2-11(6-19)4-12(3-10)7-19/h8-12H,2-7H2,1H3,(H,25,26)(H,20,21,24). The summed E-state index contributed by atoms with van der Waals surface area (Å²) in [7, 11) is 1.60. The highest BCUT2D eigenvalue weighted by atomic mass is 32.1. The molecule has 0 atom stereocenters. The molecule has 2 N–H and O–H groups in total. The van der Waals surface area contributed by atoms with Crippen molar-refractivity contribution in [3.63, 3.8) is 0 Å². The maximum atomic E-state index is 12.5. The van der Waals surface area contributed by atoms with Gasteiger partial charge in [0.15, 0.2) is 10.8 Å². The van der Waals surface area contributed by atoms with Crippen LogP contribution in [0.15, 0.2) is 11.6 Å². The number of aromatic nitrogens is 3. The molecule has 0 spiro atoms. The Morgan fingerprint density at radius 1 is 1.22 bits per heavy atom. The van der Waals surface area contributed by atoms with Crippen LogP contribution in [0.4, 0.5) is 5.13 Å². The molecular formula is C19H22N4O3S. The Morgan fingerprint density at radius 2 is 1.85 bits per heavy atom. The van der Waals surface area contributed by atoms with Crippen LogP contribution in [0.5, 0.6) is 0 Å². The largest absolute Gasteiger partial charge is 0.478 e. The van der Waals surface area contributed by atoms with E-state index in [1.54, 1.807) is 7.05 Å². The summed E-state index contributed by atoms with van der Waals surface area (Å²) < 4.78 is 1.33. The van der Waals surface area contributed by atoms with Gasteiger partial charge >= 0.3 is 5.97 Å². The van der Waals surface area contributed by atoms with E-state index < -0.39 is 11.9 Å². The molecule has 6 rings (SSSR count). The molecule has 4 saturated carbocycles. The number of aromatic carboxylic acids is 1. The van der Waals surface area contributed by atoms with Gasteiger partial charge in [0.25, 0.3) is 5.91 Å². The van der Waals surface area contributed by atoms with Gasteiger partial charge in [-0.15, -0.1) is 11.3 Å². The molecule has 0 saturated heterocycles. The second-order valence-corrected chi connectivity index (χ2v) is 9.42. The molecule has 7 nitrogen and oxygen atoms in total. The van der Waals surface area contributed by atoms with Crippen molar-refractivity contribution in [3.05, 3.63) is 28.5 Å². The number of carbonyl (C=O) groups excluding carboxylic acids is 1. The van der Waals surface area contributed by atoms with Gasteiger partial charge in [0.1, 0.15) is 5.56 Å². The highest BCUT2D eigenvalue weighted by Crippen LogP contribution is 2.60. The predicted octanol–water partition coefficient (Wildman–Crippen LogP) is 3.29. The van der Waals surface area contributed by atoms with Gasteiger partial charge in [0.05, 0.1) is 5.69 Å². The quantitative estimate of drug-likeness (QED) is 0.840. The van der Waals surface area contributed by atoms with Crippen LogP contribution in [-0.4, -0.2) is 31.7 Å². The van der Waals surface area contributed by atoms with Crippen LogP contribution in [-0.2, 0) is 12.5 Å². The summed E-state index contributed by atoms with van der Waals surface area (Å²) in [6.45, 7) is 0. The Morgan fingerprint density at radius 3 is 2.44 bits per heavy atom. The third-order valence-electron chi connectivity index (χ3n) is 6.58. The lowest BCUT2D eigenvalue weighted by molar-refractivity contribution is -0.00688. The smallest absolute Gasteiger partial charge is 0.339 e. The minimum absolute atomic E-state index is 0.0865. The van der Waals surface area contributed by atoms with Gasteiger partial charge in [-0.25, -0.2) is 9.78 Å². The molecular weight excluding hydrogens is 364 g/mol. The monoisotopic (exact) mass is 386 g/mol. The Kier molecular flexibility index (Phi) is 3.69. The number of thiazole rings is 1. The Hall–Kier alpha value is -2.22. The van der Waals surface area contributed by atoms with Crippen LogP contribution in [0.1, 0.15) is 65.1 Å². The third kappa shape index (κ3) is 2.77. The highest BCUT2D eigenvalue weighted by molar-refractivity contribution is 7.14. The number of carbonyl (C=O) groups is 2. The van der Waals surface area contributed by atoms with Crippen molar-refractivity contribution in [1.82, 2.24) is 14.8 Å². The molecule has 4 bridgehead atoms. The summed E-state index contributed by atoms with van der Waals surface area (Å²) in [6, 6.07) is 0. The highest BCUT2D eigenvalue weighted by Gasteiger charge is 2.52. The summed E-state index contributed by atoms with van der Waals surface area (Å²) in [5.41, 5.74) is 1.11. The van der Waals surface area contributed by atoms with Crippen molar-refractivity contribution in [2.45, 2.75) is 43.9 Å². The van der Waals surface area contributed by atoms with Crippen LogP contribution >= 0.6 is 11.3 Å². The van der Waals surface area contributed by atoms with Crippen LogP contribution in [0.2, 0.25) is 0 Å². The Bertz CT molecular complexity index is 896.